The van der Waals surface area contributed by atoms with Gasteiger partial charge < -0.3 is 10.2 Å². The predicted octanol–water partition coefficient (Wildman–Crippen LogP) is 6.71. The zero-order valence-corrected chi connectivity index (χ0v) is 27.7. The Morgan fingerprint density at radius 2 is 1.47 bits per heavy atom. The summed E-state index contributed by atoms with van der Waals surface area (Å²) in [5.41, 5.74) is 3.74. The highest BCUT2D eigenvalue weighted by atomic mass is 35.5. The van der Waals surface area contributed by atoms with Crippen molar-refractivity contribution in [1.82, 2.24) is 10.2 Å². The van der Waals surface area contributed by atoms with Crippen molar-refractivity contribution in [2.24, 2.45) is 0 Å². The molecule has 2 atom stereocenters. The molecule has 0 spiro atoms. The predicted molar refractivity (Wildman–Crippen MR) is 181 cm³/mol. The van der Waals surface area contributed by atoms with E-state index < -0.39 is 28.5 Å². The largest absolute Gasteiger partial charge is 0.352 e. The second kappa shape index (κ2) is 15.2. The van der Waals surface area contributed by atoms with Crippen LogP contribution in [-0.2, 0) is 32.6 Å². The molecule has 0 aliphatic rings. The molecule has 0 radical (unpaired) electrons. The Bertz CT molecular complexity index is 1720. The highest BCUT2D eigenvalue weighted by Crippen LogP contribution is 2.27. The minimum Gasteiger partial charge on any atom is -0.352 e. The number of hydrogen-bond donors (Lipinski definition) is 1. The molecule has 2 amide bonds. The fraction of sp³-hybridized carbons (Fsp3) is 0.278. The van der Waals surface area contributed by atoms with E-state index in [1.54, 1.807) is 48.5 Å². The first kappa shape index (κ1) is 33.7. The van der Waals surface area contributed by atoms with Crippen LogP contribution in [-0.4, -0.2) is 43.8 Å². The van der Waals surface area contributed by atoms with Crippen LogP contribution < -0.4 is 9.62 Å². The summed E-state index contributed by atoms with van der Waals surface area (Å²) in [5.74, 6) is -0.856. The number of aryl methyl sites for hydroxylation is 2. The van der Waals surface area contributed by atoms with Crippen LogP contribution in [0, 0.1) is 13.8 Å². The minimum atomic E-state index is -4.16. The summed E-state index contributed by atoms with van der Waals surface area (Å²) in [6.45, 7) is 7.20. The van der Waals surface area contributed by atoms with Crippen LogP contribution in [0.4, 0.5) is 5.69 Å². The van der Waals surface area contributed by atoms with Crippen LogP contribution >= 0.6 is 11.6 Å². The van der Waals surface area contributed by atoms with Crippen molar-refractivity contribution < 1.29 is 18.0 Å². The summed E-state index contributed by atoms with van der Waals surface area (Å²) in [6, 6.07) is 28.9. The molecule has 0 aliphatic heterocycles. The number of carbonyl (C=O) groups is 2. The van der Waals surface area contributed by atoms with E-state index in [9.17, 15) is 18.0 Å². The van der Waals surface area contributed by atoms with Crippen molar-refractivity contribution in [2.45, 2.75) is 64.1 Å². The lowest BCUT2D eigenvalue weighted by Gasteiger charge is -2.34. The lowest BCUT2D eigenvalue weighted by Crippen LogP contribution is -2.54. The number of halogens is 1. The highest BCUT2D eigenvalue weighted by Gasteiger charge is 2.35. The Kier molecular flexibility index (Phi) is 11.4. The van der Waals surface area contributed by atoms with Crippen LogP contribution in [0.25, 0.3) is 0 Å². The van der Waals surface area contributed by atoms with Gasteiger partial charge in [0.2, 0.25) is 11.8 Å². The molecular formula is C36H40ClN3O4S. The molecule has 0 saturated carbocycles. The van der Waals surface area contributed by atoms with Gasteiger partial charge in [0.15, 0.2) is 0 Å². The first-order chi connectivity index (χ1) is 21.5. The van der Waals surface area contributed by atoms with Crippen LogP contribution in [0.15, 0.2) is 108 Å². The molecule has 0 heterocycles. The Balaban J connectivity index is 1.83. The van der Waals surface area contributed by atoms with Crippen molar-refractivity contribution in [1.29, 1.82) is 0 Å². The van der Waals surface area contributed by atoms with Gasteiger partial charge in [0.25, 0.3) is 10.0 Å². The number of amides is 2. The van der Waals surface area contributed by atoms with Gasteiger partial charge in [-0.25, -0.2) is 8.42 Å². The second-order valence-electron chi connectivity index (χ2n) is 11.2. The molecule has 0 fully saturated rings. The highest BCUT2D eigenvalue weighted by molar-refractivity contribution is 7.92. The first-order valence-corrected chi connectivity index (χ1v) is 16.8. The standard InChI is InChI=1S/C36H40ClN3O4S/c1-5-28(4)38-36(42)34(23-29-14-8-6-9-15-29)39(24-30-16-12-13-19-33(30)37)35(41)25-40(31-21-20-26(2)27(3)22-31)45(43,44)32-17-10-7-11-18-32/h6-22,28,34H,5,23-25H2,1-4H3,(H,38,42)/t28-,34+/m1/s1. The molecule has 236 valence electrons. The van der Waals surface area contributed by atoms with Crippen molar-refractivity contribution in [3.05, 3.63) is 130 Å². The SMILES string of the molecule is CC[C@@H](C)NC(=O)[C@H](Cc1ccccc1)N(Cc1ccccc1Cl)C(=O)CN(c1ccc(C)c(C)c1)S(=O)(=O)c1ccccc1. The number of rotatable bonds is 13. The molecule has 0 bridgehead atoms. The second-order valence-corrected chi connectivity index (χ2v) is 13.5. The van der Waals surface area contributed by atoms with Gasteiger partial charge in [-0.15, -0.1) is 0 Å². The van der Waals surface area contributed by atoms with Crippen molar-refractivity contribution in [3.8, 4) is 0 Å². The van der Waals surface area contributed by atoms with Gasteiger partial charge in [0.1, 0.15) is 12.6 Å². The monoisotopic (exact) mass is 645 g/mol. The van der Waals surface area contributed by atoms with Crippen LogP contribution in [0.5, 0.6) is 0 Å². The van der Waals surface area contributed by atoms with Gasteiger partial charge in [0, 0.05) is 24.0 Å². The number of benzene rings is 4. The summed E-state index contributed by atoms with van der Waals surface area (Å²) < 4.78 is 29.4. The Morgan fingerprint density at radius 1 is 0.844 bits per heavy atom. The number of hydrogen-bond acceptors (Lipinski definition) is 4. The summed E-state index contributed by atoms with van der Waals surface area (Å²) in [6.07, 6.45) is 0.937. The zero-order valence-electron chi connectivity index (χ0n) is 26.1. The van der Waals surface area contributed by atoms with Crippen LogP contribution in [0.1, 0.15) is 42.5 Å². The zero-order chi connectivity index (χ0) is 32.6. The molecule has 0 unspecified atom stereocenters. The molecule has 7 nitrogen and oxygen atoms in total. The summed E-state index contributed by atoms with van der Waals surface area (Å²) in [5, 5.41) is 3.49. The Labute approximate surface area is 271 Å². The van der Waals surface area contributed by atoms with Gasteiger partial charge in [-0.2, -0.15) is 0 Å². The molecule has 4 rings (SSSR count). The maximum atomic E-state index is 14.6. The maximum Gasteiger partial charge on any atom is 0.264 e. The third kappa shape index (κ3) is 8.53. The van der Waals surface area contributed by atoms with E-state index in [4.69, 9.17) is 11.6 Å². The fourth-order valence-corrected chi connectivity index (χ4v) is 6.56. The summed E-state index contributed by atoms with van der Waals surface area (Å²) in [7, 11) is -4.16. The smallest absolute Gasteiger partial charge is 0.264 e. The summed E-state index contributed by atoms with van der Waals surface area (Å²) in [4.78, 5) is 30.0. The van der Waals surface area contributed by atoms with E-state index in [0.717, 1.165) is 21.0 Å². The van der Waals surface area contributed by atoms with Crippen molar-refractivity contribution in [3.63, 3.8) is 0 Å². The quantitative estimate of drug-likeness (QED) is 0.175. The van der Waals surface area contributed by atoms with Gasteiger partial charge in [-0.05, 0) is 79.8 Å². The molecule has 0 aromatic heterocycles. The fourth-order valence-electron chi connectivity index (χ4n) is 4.93. The topological polar surface area (TPSA) is 86.8 Å². The molecular weight excluding hydrogens is 606 g/mol. The number of carbonyl (C=O) groups excluding carboxylic acids is 2. The molecule has 4 aromatic carbocycles. The minimum absolute atomic E-state index is 0.0100. The number of sulfonamides is 1. The average Bonchev–Trinajstić information content (AvgIpc) is 3.04. The number of anilines is 1. The lowest BCUT2D eigenvalue weighted by molar-refractivity contribution is -0.140. The van der Waals surface area contributed by atoms with Crippen LogP contribution in [0.2, 0.25) is 5.02 Å². The number of nitrogens with zero attached hydrogens (tertiary/aromatic N) is 2. The molecule has 9 heteroatoms. The average molecular weight is 646 g/mol. The van der Waals surface area contributed by atoms with E-state index in [2.05, 4.69) is 5.32 Å². The number of nitrogens with one attached hydrogen (secondary N) is 1. The van der Waals surface area contributed by atoms with E-state index in [0.29, 0.717) is 22.7 Å². The third-order valence-corrected chi connectivity index (χ3v) is 10.1. The Hall–Kier alpha value is -4.14. The van der Waals surface area contributed by atoms with Gasteiger partial charge in [-0.3, -0.25) is 13.9 Å². The van der Waals surface area contributed by atoms with Gasteiger partial charge >= 0.3 is 0 Å². The maximum absolute atomic E-state index is 14.6. The van der Waals surface area contributed by atoms with Crippen LogP contribution in [0.3, 0.4) is 0 Å². The Morgan fingerprint density at radius 3 is 2.09 bits per heavy atom. The lowest BCUT2D eigenvalue weighted by atomic mass is 10.0. The molecule has 4 aromatic rings. The third-order valence-electron chi connectivity index (χ3n) is 7.96. The molecule has 1 N–H and O–H groups in total. The van der Waals surface area contributed by atoms with Gasteiger partial charge in [0.05, 0.1) is 10.6 Å². The first-order valence-electron chi connectivity index (χ1n) is 15.0. The molecule has 45 heavy (non-hydrogen) atoms. The van der Waals surface area contributed by atoms with E-state index in [1.165, 1.54) is 17.0 Å². The van der Waals surface area contributed by atoms with Gasteiger partial charge in [-0.1, -0.05) is 91.3 Å². The molecule has 0 saturated heterocycles. The van der Waals surface area contributed by atoms with E-state index in [-0.39, 0.29) is 29.8 Å². The van der Waals surface area contributed by atoms with Crippen molar-refractivity contribution >= 4 is 39.1 Å². The summed E-state index contributed by atoms with van der Waals surface area (Å²) >= 11 is 6.57. The normalized spacial score (nSPS) is 12.6. The van der Waals surface area contributed by atoms with E-state index in [1.807, 2.05) is 70.2 Å². The van der Waals surface area contributed by atoms with E-state index >= 15 is 0 Å². The molecule has 0 aliphatic carbocycles. The van der Waals surface area contributed by atoms with Crippen molar-refractivity contribution in [2.75, 3.05) is 10.8 Å².